The monoisotopic (exact) mass is 496 g/mol. The summed E-state index contributed by atoms with van der Waals surface area (Å²) >= 11 is 1.28. The zero-order valence-corrected chi connectivity index (χ0v) is 20.4. The molecule has 182 valence electrons. The van der Waals surface area contributed by atoms with E-state index in [1.807, 2.05) is 10.8 Å². The molecule has 0 bridgehead atoms. The number of ether oxygens (including phenoxy) is 3. The molecule has 0 aliphatic heterocycles. The van der Waals surface area contributed by atoms with E-state index in [2.05, 4.69) is 9.97 Å². The molecule has 0 aliphatic carbocycles. The summed E-state index contributed by atoms with van der Waals surface area (Å²) in [4.78, 5) is 23.3. The number of carbonyl (C=O) groups is 1. The van der Waals surface area contributed by atoms with Gasteiger partial charge in [0.15, 0.2) is 16.6 Å². The van der Waals surface area contributed by atoms with Gasteiger partial charge in [-0.25, -0.2) is 14.4 Å². The van der Waals surface area contributed by atoms with Gasteiger partial charge in [0, 0.05) is 31.6 Å². The van der Waals surface area contributed by atoms with E-state index in [0.29, 0.717) is 52.2 Å². The fourth-order valence-electron chi connectivity index (χ4n) is 3.60. The van der Waals surface area contributed by atoms with Gasteiger partial charge >= 0.3 is 0 Å². The molecule has 0 aliphatic rings. The van der Waals surface area contributed by atoms with Crippen molar-refractivity contribution in [2.45, 2.75) is 13.0 Å². The number of carbonyl (C=O) groups excluding carboxylic acids is 1. The molecule has 4 rings (SSSR count). The van der Waals surface area contributed by atoms with E-state index in [0.717, 1.165) is 0 Å². The van der Waals surface area contributed by atoms with Crippen LogP contribution in [0.25, 0.3) is 16.3 Å². The van der Waals surface area contributed by atoms with Crippen LogP contribution in [0, 0.1) is 5.82 Å². The topological polar surface area (TPSA) is 78.7 Å². The summed E-state index contributed by atoms with van der Waals surface area (Å²) in [6.45, 7) is 1.08. The zero-order chi connectivity index (χ0) is 24.8. The van der Waals surface area contributed by atoms with Crippen LogP contribution < -0.4 is 19.1 Å². The zero-order valence-electron chi connectivity index (χ0n) is 19.6. The Hall–Kier alpha value is -3.92. The molecule has 0 atom stereocenters. The van der Waals surface area contributed by atoms with Gasteiger partial charge in [0.1, 0.15) is 11.3 Å². The van der Waals surface area contributed by atoms with Crippen LogP contribution in [-0.2, 0) is 11.3 Å². The number of rotatable bonds is 10. The number of nitrogens with zero attached hydrogens (tertiary/aromatic N) is 4. The third-order valence-electron chi connectivity index (χ3n) is 5.32. The van der Waals surface area contributed by atoms with E-state index in [4.69, 9.17) is 14.2 Å². The van der Waals surface area contributed by atoms with Crippen molar-refractivity contribution in [3.63, 3.8) is 0 Å². The predicted molar refractivity (Wildman–Crippen MR) is 134 cm³/mol. The first-order valence-corrected chi connectivity index (χ1v) is 11.7. The van der Waals surface area contributed by atoms with E-state index >= 15 is 0 Å². The van der Waals surface area contributed by atoms with Crippen LogP contribution in [0.1, 0.15) is 12.0 Å². The van der Waals surface area contributed by atoms with Crippen LogP contribution >= 0.6 is 11.3 Å². The molecule has 0 N–H and O–H groups in total. The quantitative estimate of drug-likeness (QED) is 0.294. The van der Waals surface area contributed by atoms with Gasteiger partial charge in [-0.2, -0.15) is 0 Å². The fourth-order valence-corrected chi connectivity index (χ4v) is 4.62. The highest BCUT2D eigenvalue weighted by molar-refractivity contribution is 7.22. The first kappa shape index (κ1) is 24.2. The number of halogens is 1. The van der Waals surface area contributed by atoms with Crippen molar-refractivity contribution in [3.05, 3.63) is 66.5 Å². The average molecular weight is 497 g/mol. The molecule has 1 amide bonds. The molecule has 2 aromatic carbocycles. The van der Waals surface area contributed by atoms with Crippen LogP contribution in [0.3, 0.4) is 0 Å². The molecule has 8 nitrogen and oxygen atoms in total. The number of benzene rings is 2. The number of aryl methyl sites for hydroxylation is 1. The molecule has 4 aromatic rings. The average Bonchev–Trinajstić information content (AvgIpc) is 3.55. The largest absolute Gasteiger partial charge is 0.493 e. The van der Waals surface area contributed by atoms with Crippen molar-refractivity contribution in [1.29, 1.82) is 0 Å². The first-order chi connectivity index (χ1) is 17.0. The molecule has 0 radical (unpaired) electrons. The van der Waals surface area contributed by atoms with Crippen molar-refractivity contribution in [1.82, 2.24) is 14.5 Å². The van der Waals surface area contributed by atoms with Crippen LogP contribution in [0.5, 0.6) is 17.2 Å². The third-order valence-corrected chi connectivity index (χ3v) is 6.36. The minimum atomic E-state index is -0.413. The molecule has 2 aromatic heterocycles. The number of imidazole rings is 1. The van der Waals surface area contributed by atoms with Gasteiger partial charge in [0.05, 0.1) is 32.4 Å². The lowest BCUT2D eigenvalue weighted by Gasteiger charge is -2.18. The highest BCUT2D eigenvalue weighted by Gasteiger charge is 2.19. The fraction of sp³-hybridized carbons (Fsp3) is 0.240. The number of hydrogen-bond acceptors (Lipinski definition) is 7. The summed E-state index contributed by atoms with van der Waals surface area (Å²) in [7, 11) is 4.59. The minimum absolute atomic E-state index is 0.258. The predicted octanol–water partition coefficient (Wildman–Crippen LogP) is 4.79. The normalized spacial score (nSPS) is 11.2. The first-order valence-electron chi connectivity index (χ1n) is 10.8. The smallest absolute Gasteiger partial charge is 0.252 e. The Morgan fingerprint density at radius 2 is 1.94 bits per heavy atom. The second-order valence-corrected chi connectivity index (χ2v) is 8.53. The van der Waals surface area contributed by atoms with Crippen LogP contribution in [0.2, 0.25) is 0 Å². The number of anilines is 1. The summed E-state index contributed by atoms with van der Waals surface area (Å²) in [5, 5.41) is 0.440. The Morgan fingerprint density at radius 1 is 1.17 bits per heavy atom. The lowest BCUT2D eigenvalue weighted by atomic mass is 10.1. The van der Waals surface area contributed by atoms with Gasteiger partial charge in [-0.15, -0.1) is 0 Å². The van der Waals surface area contributed by atoms with E-state index < -0.39 is 5.82 Å². The van der Waals surface area contributed by atoms with Crippen LogP contribution in [0.15, 0.2) is 55.1 Å². The highest BCUT2D eigenvalue weighted by atomic mass is 32.1. The Kier molecular flexibility index (Phi) is 7.61. The molecular formula is C25H25FN4O4S. The summed E-state index contributed by atoms with van der Waals surface area (Å²) in [6, 6.07) is 8.29. The molecule has 2 heterocycles. The van der Waals surface area contributed by atoms with Gasteiger partial charge in [-0.3, -0.25) is 9.69 Å². The molecule has 35 heavy (non-hydrogen) atoms. The number of methoxy groups -OCH3 is 3. The van der Waals surface area contributed by atoms with Gasteiger partial charge in [-0.1, -0.05) is 17.4 Å². The Bertz CT molecular complexity index is 1310. The van der Waals surface area contributed by atoms with E-state index in [9.17, 15) is 9.18 Å². The molecule has 0 spiro atoms. The number of para-hydroxylation sites is 1. The number of fused-ring (bicyclic) bond motifs is 1. The van der Waals surface area contributed by atoms with Gasteiger partial charge in [-0.05, 0) is 42.3 Å². The Balaban J connectivity index is 1.61. The maximum absolute atomic E-state index is 14.3. The number of hydrogen-bond donors (Lipinski definition) is 0. The second kappa shape index (κ2) is 11.0. The summed E-state index contributed by atoms with van der Waals surface area (Å²) in [6.07, 6.45) is 9.09. The SMILES string of the molecule is COc1cc(/C=C/C(=O)N(CCCn2ccnc2)c2nc3c(F)cccc3s2)cc(OC)c1OC. The maximum atomic E-state index is 14.3. The van der Waals surface area contributed by atoms with Gasteiger partial charge < -0.3 is 18.8 Å². The van der Waals surface area contributed by atoms with Gasteiger partial charge in [0.2, 0.25) is 5.75 Å². The van der Waals surface area contributed by atoms with E-state index in [-0.39, 0.29) is 11.4 Å². The van der Waals surface area contributed by atoms with E-state index in [1.54, 1.807) is 47.8 Å². The molecule has 0 fully saturated rings. The molecule has 0 saturated heterocycles. The molecule has 0 saturated carbocycles. The summed E-state index contributed by atoms with van der Waals surface area (Å²) < 4.78 is 33.0. The van der Waals surface area contributed by atoms with Crippen molar-refractivity contribution < 1.29 is 23.4 Å². The van der Waals surface area contributed by atoms with Crippen molar-refractivity contribution in [2.24, 2.45) is 0 Å². The Labute approximate surface area is 206 Å². The minimum Gasteiger partial charge on any atom is -0.493 e. The van der Waals surface area contributed by atoms with Crippen molar-refractivity contribution in [3.8, 4) is 17.2 Å². The van der Waals surface area contributed by atoms with Crippen LogP contribution in [-0.4, -0.2) is 48.3 Å². The molecular weight excluding hydrogens is 471 g/mol. The molecule has 10 heteroatoms. The van der Waals surface area contributed by atoms with Crippen molar-refractivity contribution >= 4 is 38.7 Å². The second-order valence-electron chi connectivity index (χ2n) is 7.52. The lowest BCUT2D eigenvalue weighted by molar-refractivity contribution is -0.114. The van der Waals surface area contributed by atoms with Gasteiger partial charge in [0.25, 0.3) is 5.91 Å². The summed E-state index contributed by atoms with van der Waals surface area (Å²) in [5.74, 6) is 0.749. The number of amides is 1. The van der Waals surface area contributed by atoms with Crippen molar-refractivity contribution in [2.75, 3.05) is 32.8 Å². The lowest BCUT2D eigenvalue weighted by Crippen LogP contribution is -2.30. The highest BCUT2D eigenvalue weighted by Crippen LogP contribution is 2.38. The van der Waals surface area contributed by atoms with Crippen LogP contribution in [0.4, 0.5) is 9.52 Å². The molecule has 0 unspecified atom stereocenters. The Morgan fingerprint density at radius 3 is 2.57 bits per heavy atom. The number of thiazole rings is 1. The third kappa shape index (κ3) is 5.43. The summed E-state index contributed by atoms with van der Waals surface area (Å²) in [5.41, 5.74) is 0.954. The maximum Gasteiger partial charge on any atom is 0.252 e. The van der Waals surface area contributed by atoms with E-state index in [1.165, 1.54) is 44.8 Å². The number of aromatic nitrogens is 3. The standard InChI is InChI=1S/C25H25FN4O4S/c1-32-19-14-17(15-20(33-2)24(19)34-3)8-9-22(31)30(12-5-11-29-13-10-27-16-29)25-28-23-18(26)6-4-7-21(23)35-25/h4,6-10,13-16H,5,11-12H2,1-3H3/b9-8+.